The topological polar surface area (TPSA) is 83.8 Å². The van der Waals surface area contributed by atoms with Gasteiger partial charge in [-0.05, 0) is 55.7 Å². The second kappa shape index (κ2) is 9.90. The van der Waals surface area contributed by atoms with E-state index in [2.05, 4.69) is 31.2 Å². The molecular weight excluding hydrogens is 316 g/mol. The van der Waals surface area contributed by atoms with Crippen molar-refractivity contribution in [1.82, 2.24) is 0 Å². The fourth-order valence-corrected chi connectivity index (χ4v) is 2.58. The van der Waals surface area contributed by atoms with Crippen molar-refractivity contribution in [3.8, 4) is 5.75 Å². The molecule has 0 aromatic heterocycles. The van der Waals surface area contributed by atoms with Gasteiger partial charge in [0.25, 0.3) is 10.1 Å². The molecule has 1 aliphatic rings. The molecule has 0 radical (unpaired) electrons. The first-order valence-electron chi connectivity index (χ1n) is 8.13. The van der Waals surface area contributed by atoms with Crippen LogP contribution in [0.25, 0.3) is 0 Å². The standard InChI is InChI=1S/C16H24O2.CH4O3S/c1-2-3-12-18-16-10-6-14(7-11-16)13-4-8-15(17)9-5-13;1-5(2,3)4/h6-7,10-11,13,15,17H,2-5,8-9,12H2,1H3;1H3,(H,2,3,4). The summed E-state index contributed by atoms with van der Waals surface area (Å²) in [5.41, 5.74) is 1.39. The largest absolute Gasteiger partial charge is 0.494 e. The molecule has 0 amide bonds. The molecule has 0 bridgehead atoms. The monoisotopic (exact) mass is 344 g/mol. The molecule has 23 heavy (non-hydrogen) atoms. The van der Waals surface area contributed by atoms with Crippen molar-refractivity contribution in [2.75, 3.05) is 12.9 Å². The summed E-state index contributed by atoms with van der Waals surface area (Å²) in [4.78, 5) is 0. The number of aliphatic hydroxyl groups is 1. The lowest BCUT2D eigenvalue weighted by Gasteiger charge is -2.25. The van der Waals surface area contributed by atoms with Gasteiger partial charge in [0, 0.05) is 0 Å². The number of hydrogen-bond donors (Lipinski definition) is 2. The van der Waals surface area contributed by atoms with E-state index in [1.165, 1.54) is 12.0 Å². The Kier molecular flexibility index (Phi) is 8.58. The molecule has 1 fully saturated rings. The van der Waals surface area contributed by atoms with Gasteiger partial charge >= 0.3 is 0 Å². The summed E-state index contributed by atoms with van der Waals surface area (Å²) in [7, 11) is -3.67. The van der Waals surface area contributed by atoms with Crippen molar-refractivity contribution in [3.05, 3.63) is 29.8 Å². The first kappa shape index (κ1) is 19.9. The highest BCUT2D eigenvalue weighted by Crippen LogP contribution is 2.33. The van der Waals surface area contributed by atoms with Gasteiger partial charge in [0.2, 0.25) is 0 Å². The Labute approximate surface area is 139 Å². The maximum Gasteiger partial charge on any atom is 0.261 e. The van der Waals surface area contributed by atoms with E-state index in [1.54, 1.807) is 0 Å². The van der Waals surface area contributed by atoms with Gasteiger partial charge in [0.1, 0.15) is 5.75 Å². The van der Waals surface area contributed by atoms with Crippen LogP contribution in [0, 0.1) is 0 Å². The molecule has 6 heteroatoms. The van der Waals surface area contributed by atoms with Crippen molar-refractivity contribution < 1.29 is 22.8 Å². The van der Waals surface area contributed by atoms with E-state index in [0.717, 1.165) is 44.5 Å². The lowest BCUT2D eigenvalue weighted by Crippen LogP contribution is -2.16. The highest BCUT2D eigenvalue weighted by atomic mass is 32.2. The van der Waals surface area contributed by atoms with Crippen LogP contribution in [-0.2, 0) is 10.1 Å². The summed E-state index contributed by atoms with van der Waals surface area (Å²) in [6.45, 7) is 2.98. The molecule has 1 saturated carbocycles. The zero-order valence-electron chi connectivity index (χ0n) is 13.9. The molecule has 1 aromatic rings. The minimum atomic E-state index is -3.67. The Morgan fingerprint density at radius 3 is 2.13 bits per heavy atom. The van der Waals surface area contributed by atoms with E-state index in [4.69, 9.17) is 9.29 Å². The van der Waals surface area contributed by atoms with Crippen LogP contribution in [-0.4, -0.2) is 37.0 Å². The van der Waals surface area contributed by atoms with Gasteiger partial charge in [-0.25, -0.2) is 0 Å². The summed E-state index contributed by atoms with van der Waals surface area (Å²) >= 11 is 0. The number of rotatable bonds is 5. The summed E-state index contributed by atoms with van der Waals surface area (Å²) in [5, 5.41) is 9.52. The molecule has 0 atom stereocenters. The average Bonchev–Trinajstić information content (AvgIpc) is 2.47. The quantitative estimate of drug-likeness (QED) is 0.632. The Morgan fingerprint density at radius 2 is 1.65 bits per heavy atom. The molecular formula is C17H28O5S. The number of benzene rings is 1. The Hall–Kier alpha value is -1.11. The SMILES string of the molecule is CCCCOc1ccc(C2CCC(O)CC2)cc1.CS(=O)(=O)O. The highest BCUT2D eigenvalue weighted by molar-refractivity contribution is 7.85. The van der Waals surface area contributed by atoms with Crippen LogP contribution in [0.4, 0.5) is 0 Å². The number of ether oxygens (including phenoxy) is 1. The third-order valence-electron chi connectivity index (χ3n) is 3.81. The van der Waals surface area contributed by atoms with Gasteiger partial charge in [-0.3, -0.25) is 4.55 Å². The molecule has 5 nitrogen and oxygen atoms in total. The van der Waals surface area contributed by atoms with Gasteiger partial charge in [-0.15, -0.1) is 0 Å². The lowest BCUT2D eigenvalue weighted by atomic mass is 9.83. The van der Waals surface area contributed by atoms with Crippen molar-refractivity contribution in [2.24, 2.45) is 0 Å². The first-order chi connectivity index (χ1) is 10.8. The molecule has 1 aliphatic carbocycles. The number of aliphatic hydroxyl groups excluding tert-OH is 1. The molecule has 0 spiro atoms. The van der Waals surface area contributed by atoms with Crippen molar-refractivity contribution in [1.29, 1.82) is 0 Å². The predicted octanol–water partition coefficient (Wildman–Crippen LogP) is 3.39. The summed E-state index contributed by atoms with van der Waals surface area (Å²) in [6.07, 6.45) is 7.03. The minimum absolute atomic E-state index is 0.0714. The van der Waals surface area contributed by atoms with Gasteiger partial charge in [0.05, 0.1) is 19.0 Å². The molecule has 1 aromatic carbocycles. The maximum atomic E-state index is 9.52. The number of unbranched alkanes of at least 4 members (excludes halogenated alkanes) is 1. The molecule has 2 rings (SSSR count). The Balaban J connectivity index is 0.000000463. The van der Waals surface area contributed by atoms with Crippen LogP contribution < -0.4 is 4.74 Å². The predicted molar refractivity (Wildman–Crippen MR) is 91.5 cm³/mol. The van der Waals surface area contributed by atoms with E-state index in [0.29, 0.717) is 12.2 Å². The normalized spacial score (nSPS) is 21.2. The van der Waals surface area contributed by atoms with E-state index in [1.807, 2.05) is 0 Å². The van der Waals surface area contributed by atoms with E-state index in [9.17, 15) is 13.5 Å². The third kappa shape index (κ3) is 9.58. The van der Waals surface area contributed by atoms with Crippen LogP contribution in [0.3, 0.4) is 0 Å². The summed E-state index contributed by atoms with van der Waals surface area (Å²) < 4.78 is 31.5. The van der Waals surface area contributed by atoms with Crippen molar-refractivity contribution in [3.63, 3.8) is 0 Å². The fourth-order valence-electron chi connectivity index (χ4n) is 2.58. The van der Waals surface area contributed by atoms with Gasteiger partial charge in [0.15, 0.2) is 0 Å². The third-order valence-corrected chi connectivity index (χ3v) is 3.81. The van der Waals surface area contributed by atoms with Gasteiger partial charge in [-0.2, -0.15) is 8.42 Å². The van der Waals surface area contributed by atoms with Crippen LogP contribution in [0.5, 0.6) is 5.75 Å². The first-order valence-corrected chi connectivity index (χ1v) is 9.97. The summed E-state index contributed by atoms with van der Waals surface area (Å²) in [5.74, 6) is 1.60. The van der Waals surface area contributed by atoms with Crippen LogP contribution in [0.2, 0.25) is 0 Å². The van der Waals surface area contributed by atoms with E-state index in [-0.39, 0.29) is 6.10 Å². The van der Waals surface area contributed by atoms with Gasteiger partial charge in [-0.1, -0.05) is 25.5 Å². The highest BCUT2D eigenvalue weighted by Gasteiger charge is 2.20. The van der Waals surface area contributed by atoms with Crippen molar-refractivity contribution >= 4 is 10.1 Å². The average molecular weight is 344 g/mol. The maximum absolute atomic E-state index is 9.52. The second-order valence-electron chi connectivity index (χ2n) is 6.01. The fraction of sp³-hybridized carbons (Fsp3) is 0.647. The molecule has 0 heterocycles. The minimum Gasteiger partial charge on any atom is -0.494 e. The molecule has 0 saturated heterocycles. The Bertz CT molecular complexity index is 523. The van der Waals surface area contributed by atoms with Gasteiger partial charge < -0.3 is 9.84 Å². The van der Waals surface area contributed by atoms with Crippen LogP contribution in [0.15, 0.2) is 24.3 Å². The second-order valence-corrected chi connectivity index (χ2v) is 7.48. The zero-order chi connectivity index (χ0) is 17.3. The molecule has 0 aliphatic heterocycles. The lowest BCUT2D eigenvalue weighted by molar-refractivity contribution is 0.122. The molecule has 2 N–H and O–H groups in total. The molecule has 132 valence electrons. The van der Waals surface area contributed by atoms with E-state index >= 15 is 0 Å². The smallest absolute Gasteiger partial charge is 0.261 e. The zero-order valence-corrected chi connectivity index (χ0v) is 14.8. The van der Waals surface area contributed by atoms with Crippen molar-refractivity contribution in [2.45, 2.75) is 57.5 Å². The van der Waals surface area contributed by atoms with E-state index < -0.39 is 10.1 Å². The summed E-state index contributed by atoms with van der Waals surface area (Å²) in [6, 6.07) is 8.53. The van der Waals surface area contributed by atoms with Crippen LogP contribution in [0.1, 0.15) is 56.9 Å². The van der Waals surface area contributed by atoms with Crippen LogP contribution >= 0.6 is 0 Å². The number of hydrogen-bond acceptors (Lipinski definition) is 4. The Morgan fingerprint density at radius 1 is 1.13 bits per heavy atom. The molecule has 0 unspecified atom stereocenters.